The van der Waals surface area contributed by atoms with Crippen molar-refractivity contribution in [1.29, 1.82) is 0 Å². The van der Waals surface area contributed by atoms with Crippen molar-refractivity contribution in [3.63, 3.8) is 0 Å². The van der Waals surface area contributed by atoms with E-state index in [0.29, 0.717) is 0 Å². The maximum Gasteiger partial charge on any atom is 0.303 e. The molecule has 0 heterocycles. The van der Waals surface area contributed by atoms with E-state index in [4.69, 9.17) is 4.74 Å². The van der Waals surface area contributed by atoms with E-state index in [9.17, 15) is 4.79 Å². The first-order valence-electron chi connectivity index (χ1n) is 2.61. The van der Waals surface area contributed by atoms with Gasteiger partial charge < -0.3 is 4.74 Å². The second-order valence-electron chi connectivity index (χ2n) is 2.71. The third-order valence-electron chi connectivity index (χ3n) is 0.450. The fourth-order valence-electron chi connectivity index (χ4n) is 0.431. The Kier molecular flexibility index (Phi) is 4.37. The van der Waals surface area contributed by atoms with E-state index in [1.165, 1.54) is 6.92 Å². The summed E-state index contributed by atoms with van der Waals surface area (Å²) in [5, 5.41) is 0. The lowest BCUT2D eigenvalue weighted by atomic mass is 10.2. The van der Waals surface area contributed by atoms with Gasteiger partial charge in [0.15, 0.2) is 0 Å². The molecule has 0 unspecified atom stereocenters. The molecule has 2 nitrogen and oxygen atoms in total. The van der Waals surface area contributed by atoms with Crippen molar-refractivity contribution < 1.29 is 9.53 Å². The molecule has 0 rings (SSSR count). The van der Waals surface area contributed by atoms with Crippen molar-refractivity contribution in [1.82, 2.24) is 0 Å². The van der Waals surface area contributed by atoms with Crippen LogP contribution in [0.15, 0.2) is 0 Å². The van der Waals surface area contributed by atoms with E-state index in [-0.39, 0.29) is 19.0 Å². The van der Waals surface area contributed by atoms with Gasteiger partial charge in [0.1, 0.15) is 5.60 Å². The first-order valence-corrected chi connectivity index (χ1v) is 2.61. The lowest BCUT2D eigenvalue weighted by Crippen LogP contribution is -2.21. The molecule has 0 amide bonds. The molecule has 9 heavy (non-hydrogen) atoms. The highest BCUT2D eigenvalue weighted by Gasteiger charge is 2.11. The topological polar surface area (TPSA) is 26.3 Å². The fraction of sp³-hybridized carbons (Fsp3) is 0.857. The molecule has 0 saturated heterocycles. The Morgan fingerprint density at radius 3 is 1.67 bits per heavy atom. The molecule has 0 aliphatic rings. The smallest absolute Gasteiger partial charge is 0.303 e. The fourth-order valence-corrected chi connectivity index (χ4v) is 0.431. The average molecular weight is 132 g/mol. The second-order valence-corrected chi connectivity index (χ2v) is 2.71. The summed E-state index contributed by atoms with van der Waals surface area (Å²) >= 11 is 0. The Morgan fingerprint density at radius 1 is 1.33 bits per heavy atom. The highest BCUT2D eigenvalue weighted by Crippen LogP contribution is 2.05. The van der Waals surface area contributed by atoms with Crippen LogP contribution in [-0.4, -0.2) is 11.6 Å². The molecule has 0 aromatic carbocycles. The first-order chi connectivity index (χ1) is 3.42. The number of carbonyl (C=O) groups excluding carboxylic acids is 1. The molecule has 0 aromatic rings. The van der Waals surface area contributed by atoms with Crippen LogP contribution in [0, 0.1) is 0 Å². The normalized spacial score (nSPS) is 9.78. The van der Waals surface area contributed by atoms with Gasteiger partial charge in [-0.2, -0.15) is 0 Å². The van der Waals surface area contributed by atoms with Crippen molar-refractivity contribution in [3.05, 3.63) is 0 Å². The van der Waals surface area contributed by atoms with Gasteiger partial charge in [0.2, 0.25) is 0 Å². The summed E-state index contributed by atoms with van der Waals surface area (Å²) in [5.41, 5.74) is -0.328. The lowest BCUT2D eigenvalue weighted by molar-refractivity contribution is -0.151. The van der Waals surface area contributed by atoms with Gasteiger partial charge in [0.05, 0.1) is 0 Å². The monoisotopic (exact) mass is 132 g/mol. The minimum Gasteiger partial charge on any atom is -0.460 e. The number of esters is 1. The van der Waals surface area contributed by atoms with Crippen molar-refractivity contribution in [2.45, 2.75) is 40.7 Å². The Morgan fingerprint density at radius 2 is 1.67 bits per heavy atom. The minimum atomic E-state index is -0.328. The van der Waals surface area contributed by atoms with Crippen LogP contribution < -0.4 is 0 Å². The molecule has 0 spiro atoms. The van der Waals surface area contributed by atoms with Crippen molar-refractivity contribution in [2.75, 3.05) is 0 Å². The van der Waals surface area contributed by atoms with Gasteiger partial charge in [-0.15, -0.1) is 0 Å². The third-order valence-corrected chi connectivity index (χ3v) is 0.450. The minimum absolute atomic E-state index is 0. The number of ether oxygens (including phenoxy) is 1. The summed E-state index contributed by atoms with van der Waals surface area (Å²) in [6.45, 7) is 6.93. The van der Waals surface area contributed by atoms with Gasteiger partial charge in [-0.25, -0.2) is 0 Å². The zero-order valence-corrected chi connectivity index (χ0v) is 5.82. The average Bonchev–Trinajstić information content (AvgIpc) is 1.21. The van der Waals surface area contributed by atoms with Crippen LogP contribution >= 0.6 is 0 Å². The summed E-state index contributed by atoms with van der Waals surface area (Å²) in [5.74, 6) is -0.225. The highest BCUT2D eigenvalue weighted by atomic mass is 16.6. The van der Waals surface area contributed by atoms with E-state index in [1.807, 2.05) is 20.8 Å². The summed E-state index contributed by atoms with van der Waals surface area (Å²) in [7, 11) is 0. The molecule has 0 fully saturated rings. The maximum atomic E-state index is 10.2. The van der Waals surface area contributed by atoms with Crippen LogP contribution in [-0.2, 0) is 9.53 Å². The SMILES string of the molecule is C.CC(=O)OC(C)(C)C. The standard InChI is InChI=1S/C6H12O2.CH4/c1-5(7)8-6(2,3)4;/h1-4H3;1H4. The molecule has 0 radical (unpaired) electrons. The van der Waals surface area contributed by atoms with Gasteiger partial charge in [0.25, 0.3) is 0 Å². The van der Waals surface area contributed by atoms with Crippen LogP contribution in [0.3, 0.4) is 0 Å². The summed E-state index contributed by atoms with van der Waals surface area (Å²) in [4.78, 5) is 10.2. The predicted molar refractivity (Wildman–Crippen MR) is 38.2 cm³/mol. The zero-order chi connectivity index (χ0) is 6.78. The van der Waals surface area contributed by atoms with E-state index < -0.39 is 0 Å². The Bertz CT molecular complexity index is 89.6. The number of hydrogen-bond donors (Lipinski definition) is 0. The summed E-state index contributed by atoms with van der Waals surface area (Å²) in [6, 6.07) is 0. The Balaban J connectivity index is 0. The molecule has 56 valence electrons. The molecule has 0 aliphatic heterocycles. The number of carbonyl (C=O) groups is 1. The maximum absolute atomic E-state index is 10.2. The van der Waals surface area contributed by atoms with Crippen molar-refractivity contribution in [3.8, 4) is 0 Å². The molecule has 2 heteroatoms. The largest absolute Gasteiger partial charge is 0.460 e. The van der Waals surface area contributed by atoms with Crippen LogP contribution in [0.4, 0.5) is 0 Å². The van der Waals surface area contributed by atoms with Gasteiger partial charge in [-0.05, 0) is 20.8 Å². The lowest BCUT2D eigenvalue weighted by Gasteiger charge is -2.17. The van der Waals surface area contributed by atoms with E-state index in [1.54, 1.807) is 0 Å². The summed E-state index contributed by atoms with van der Waals surface area (Å²) < 4.78 is 4.80. The summed E-state index contributed by atoms with van der Waals surface area (Å²) in [6.07, 6.45) is 0. The van der Waals surface area contributed by atoms with Crippen LogP contribution in [0.25, 0.3) is 0 Å². The van der Waals surface area contributed by atoms with Crippen LogP contribution in [0.1, 0.15) is 35.1 Å². The molecule has 0 saturated carbocycles. The predicted octanol–water partition coefficient (Wildman–Crippen LogP) is 1.98. The van der Waals surface area contributed by atoms with Crippen LogP contribution in [0.2, 0.25) is 0 Å². The van der Waals surface area contributed by atoms with E-state index in [2.05, 4.69) is 0 Å². The third kappa shape index (κ3) is 11.2. The van der Waals surface area contributed by atoms with Gasteiger partial charge in [0, 0.05) is 6.92 Å². The van der Waals surface area contributed by atoms with Crippen LogP contribution in [0.5, 0.6) is 0 Å². The molecular weight excluding hydrogens is 116 g/mol. The first kappa shape index (κ1) is 11.3. The highest BCUT2D eigenvalue weighted by molar-refractivity contribution is 5.66. The van der Waals surface area contributed by atoms with Crippen molar-refractivity contribution >= 4 is 5.97 Å². The quantitative estimate of drug-likeness (QED) is 0.471. The Labute approximate surface area is 57.2 Å². The van der Waals surface area contributed by atoms with E-state index >= 15 is 0 Å². The number of hydrogen-bond acceptors (Lipinski definition) is 2. The zero-order valence-electron chi connectivity index (χ0n) is 5.82. The van der Waals surface area contributed by atoms with Gasteiger partial charge >= 0.3 is 5.97 Å². The number of rotatable bonds is 0. The van der Waals surface area contributed by atoms with E-state index in [0.717, 1.165) is 0 Å². The molecule has 0 aromatic heterocycles. The van der Waals surface area contributed by atoms with Gasteiger partial charge in [-0.1, -0.05) is 7.43 Å². The molecule has 0 N–H and O–H groups in total. The molecule has 0 bridgehead atoms. The van der Waals surface area contributed by atoms with Gasteiger partial charge in [-0.3, -0.25) is 4.79 Å². The molecular formula is C7H16O2. The van der Waals surface area contributed by atoms with Crippen molar-refractivity contribution in [2.24, 2.45) is 0 Å². The Hall–Kier alpha value is -0.530. The molecule has 0 atom stereocenters. The second kappa shape index (κ2) is 3.49. The molecule has 0 aliphatic carbocycles.